The lowest BCUT2D eigenvalue weighted by Gasteiger charge is -2.07. The van der Waals surface area contributed by atoms with Crippen molar-refractivity contribution in [3.8, 4) is 0 Å². The van der Waals surface area contributed by atoms with E-state index in [1.54, 1.807) is 0 Å². The van der Waals surface area contributed by atoms with Gasteiger partial charge in [0, 0.05) is 4.88 Å². The van der Waals surface area contributed by atoms with Gasteiger partial charge in [0.05, 0.1) is 17.1 Å². The zero-order valence-electron chi connectivity index (χ0n) is 10.3. The number of thiophene rings is 1. The Morgan fingerprint density at radius 3 is 2.67 bits per heavy atom. The van der Waals surface area contributed by atoms with Gasteiger partial charge >= 0.3 is 5.97 Å². The number of nitrogens with one attached hydrogen (secondary N) is 1. The molecule has 1 aromatic carbocycles. The Labute approximate surface area is 129 Å². The fourth-order valence-electron chi connectivity index (χ4n) is 1.51. The molecule has 112 valence electrons. The quantitative estimate of drug-likeness (QED) is 0.869. The van der Waals surface area contributed by atoms with Crippen molar-refractivity contribution in [2.45, 2.75) is 10.6 Å². The second-order valence-corrected chi connectivity index (χ2v) is 7.51. The molecule has 1 heterocycles. The maximum Gasteiger partial charge on any atom is 0.308 e. The van der Waals surface area contributed by atoms with Crippen LogP contribution in [0.25, 0.3) is 0 Å². The van der Waals surface area contributed by atoms with Crippen molar-refractivity contribution < 1.29 is 22.7 Å². The molecule has 2 aromatic rings. The number of rotatable bonds is 5. The molecule has 0 fully saturated rings. The highest BCUT2D eigenvalue weighted by molar-refractivity contribution is 7.94. The van der Waals surface area contributed by atoms with Crippen LogP contribution in [-0.2, 0) is 21.2 Å². The zero-order valence-corrected chi connectivity index (χ0v) is 12.7. The second kappa shape index (κ2) is 6.00. The van der Waals surface area contributed by atoms with Crippen LogP contribution in [-0.4, -0.2) is 19.5 Å². The Balaban J connectivity index is 2.25. The Hall–Kier alpha value is -1.64. The van der Waals surface area contributed by atoms with Crippen LogP contribution < -0.4 is 4.72 Å². The van der Waals surface area contributed by atoms with E-state index in [1.165, 1.54) is 18.2 Å². The molecule has 5 nitrogen and oxygen atoms in total. The van der Waals surface area contributed by atoms with E-state index in [4.69, 9.17) is 16.7 Å². The largest absolute Gasteiger partial charge is 0.481 e. The number of carboxylic acids is 1. The molecule has 0 saturated carbocycles. The fraction of sp³-hybridized carbons (Fsp3) is 0.0833. The van der Waals surface area contributed by atoms with Crippen molar-refractivity contribution in [3.63, 3.8) is 0 Å². The molecule has 2 rings (SSSR count). The molecule has 0 radical (unpaired) electrons. The highest BCUT2D eigenvalue weighted by Crippen LogP contribution is 2.28. The van der Waals surface area contributed by atoms with Gasteiger partial charge < -0.3 is 5.11 Å². The third-order valence-electron chi connectivity index (χ3n) is 2.40. The third-order valence-corrected chi connectivity index (χ3v) is 5.66. The van der Waals surface area contributed by atoms with E-state index in [2.05, 4.69) is 4.72 Å². The van der Waals surface area contributed by atoms with Crippen LogP contribution in [0.3, 0.4) is 0 Å². The Bertz CT molecular complexity index is 788. The molecule has 0 aliphatic heterocycles. The van der Waals surface area contributed by atoms with E-state index >= 15 is 0 Å². The smallest absolute Gasteiger partial charge is 0.308 e. The Morgan fingerprint density at radius 1 is 1.33 bits per heavy atom. The third kappa shape index (κ3) is 3.93. The molecule has 0 bridgehead atoms. The van der Waals surface area contributed by atoms with Gasteiger partial charge in [0.25, 0.3) is 10.0 Å². The van der Waals surface area contributed by atoms with Gasteiger partial charge in [-0.2, -0.15) is 0 Å². The molecule has 0 aliphatic carbocycles. The van der Waals surface area contributed by atoms with E-state index in [9.17, 15) is 17.6 Å². The average molecular weight is 350 g/mol. The summed E-state index contributed by atoms with van der Waals surface area (Å²) in [5.41, 5.74) is 0.0475. The predicted octanol–water partition coefficient (Wildman–Crippen LogP) is 2.97. The normalized spacial score (nSPS) is 11.3. The van der Waals surface area contributed by atoms with Crippen LogP contribution in [0.2, 0.25) is 5.02 Å². The minimum absolute atomic E-state index is 0.0425. The summed E-state index contributed by atoms with van der Waals surface area (Å²) in [6, 6.07) is 6.01. The number of halogens is 2. The van der Waals surface area contributed by atoms with E-state index in [0.29, 0.717) is 4.88 Å². The highest BCUT2D eigenvalue weighted by atomic mass is 35.5. The lowest BCUT2D eigenvalue weighted by atomic mass is 10.3. The predicted molar refractivity (Wildman–Crippen MR) is 77.9 cm³/mol. The molecular weight excluding hydrogens is 341 g/mol. The lowest BCUT2D eigenvalue weighted by molar-refractivity contribution is -0.136. The lowest BCUT2D eigenvalue weighted by Crippen LogP contribution is -2.11. The van der Waals surface area contributed by atoms with E-state index < -0.39 is 21.8 Å². The first kappa shape index (κ1) is 15.7. The van der Waals surface area contributed by atoms with Crippen LogP contribution in [0.15, 0.2) is 34.5 Å². The van der Waals surface area contributed by atoms with Crippen LogP contribution in [0.5, 0.6) is 0 Å². The first-order valence-electron chi connectivity index (χ1n) is 5.56. The van der Waals surface area contributed by atoms with Crippen LogP contribution >= 0.6 is 22.9 Å². The van der Waals surface area contributed by atoms with Crippen molar-refractivity contribution in [3.05, 3.63) is 46.0 Å². The van der Waals surface area contributed by atoms with Crippen LogP contribution in [0, 0.1) is 5.82 Å². The summed E-state index contributed by atoms with van der Waals surface area (Å²) in [5, 5.41) is 8.60. The van der Waals surface area contributed by atoms with Crippen molar-refractivity contribution in [1.29, 1.82) is 0 Å². The molecule has 0 spiro atoms. The molecule has 0 atom stereocenters. The van der Waals surface area contributed by atoms with E-state index in [1.807, 2.05) is 0 Å². The van der Waals surface area contributed by atoms with Crippen molar-refractivity contribution in [1.82, 2.24) is 0 Å². The van der Waals surface area contributed by atoms with Crippen LogP contribution in [0.4, 0.5) is 10.1 Å². The minimum Gasteiger partial charge on any atom is -0.481 e. The molecule has 9 heteroatoms. The molecule has 1 aromatic heterocycles. The number of carbonyl (C=O) groups is 1. The van der Waals surface area contributed by atoms with Crippen molar-refractivity contribution in [2.75, 3.05) is 4.72 Å². The van der Waals surface area contributed by atoms with Gasteiger partial charge in [0.1, 0.15) is 10.0 Å². The van der Waals surface area contributed by atoms with Gasteiger partial charge in [-0.25, -0.2) is 12.8 Å². The number of sulfonamides is 1. The minimum atomic E-state index is -3.89. The molecule has 0 aliphatic rings. The molecular formula is C12H9ClFNO4S2. The Morgan fingerprint density at radius 2 is 2.05 bits per heavy atom. The SMILES string of the molecule is O=C(O)Cc1ccc(S(=O)(=O)Nc2ccc(F)cc2Cl)s1. The monoisotopic (exact) mass is 349 g/mol. The van der Waals surface area contributed by atoms with Gasteiger partial charge in [-0.05, 0) is 30.3 Å². The summed E-state index contributed by atoms with van der Waals surface area (Å²) < 4.78 is 39.4. The number of hydrogen-bond donors (Lipinski definition) is 2. The molecule has 0 unspecified atom stereocenters. The summed E-state index contributed by atoms with van der Waals surface area (Å²) in [7, 11) is -3.89. The number of anilines is 1. The topological polar surface area (TPSA) is 83.5 Å². The van der Waals surface area contributed by atoms with Gasteiger partial charge in [-0.1, -0.05) is 11.6 Å². The van der Waals surface area contributed by atoms with Crippen molar-refractivity contribution in [2.24, 2.45) is 0 Å². The summed E-state index contributed by atoms with van der Waals surface area (Å²) in [4.78, 5) is 11.0. The molecule has 2 N–H and O–H groups in total. The average Bonchev–Trinajstić information content (AvgIpc) is 2.81. The number of hydrogen-bond acceptors (Lipinski definition) is 4. The number of carboxylic acid groups (broad SMARTS) is 1. The summed E-state index contributed by atoms with van der Waals surface area (Å²) in [6.45, 7) is 0. The number of aliphatic carboxylic acids is 1. The summed E-state index contributed by atoms with van der Waals surface area (Å²) in [6.07, 6.45) is -0.252. The molecule has 21 heavy (non-hydrogen) atoms. The van der Waals surface area contributed by atoms with Gasteiger partial charge in [0.2, 0.25) is 0 Å². The fourth-order valence-corrected chi connectivity index (χ4v) is 4.21. The van der Waals surface area contributed by atoms with Gasteiger partial charge in [-0.15, -0.1) is 11.3 Å². The first-order valence-corrected chi connectivity index (χ1v) is 8.24. The Kier molecular flexibility index (Phi) is 4.50. The molecule has 0 amide bonds. The van der Waals surface area contributed by atoms with E-state index in [-0.39, 0.29) is 21.3 Å². The highest BCUT2D eigenvalue weighted by Gasteiger charge is 2.19. The zero-order chi connectivity index (χ0) is 15.6. The van der Waals surface area contributed by atoms with Gasteiger partial charge in [-0.3, -0.25) is 9.52 Å². The standard InChI is InChI=1S/C12H9ClFNO4S2/c13-9-5-7(14)1-3-10(9)15-21(18,19)12-4-2-8(20-12)6-11(16)17/h1-5,15H,6H2,(H,16,17). The van der Waals surface area contributed by atoms with Gasteiger partial charge in [0.15, 0.2) is 0 Å². The maximum absolute atomic E-state index is 12.9. The first-order chi connectivity index (χ1) is 9.78. The second-order valence-electron chi connectivity index (χ2n) is 4.02. The maximum atomic E-state index is 12.9. The summed E-state index contributed by atoms with van der Waals surface area (Å²) >= 11 is 6.60. The van der Waals surface area contributed by atoms with Crippen LogP contribution in [0.1, 0.15) is 4.88 Å². The molecule has 0 saturated heterocycles. The van der Waals surface area contributed by atoms with E-state index in [0.717, 1.165) is 23.5 Å². The van der Waals surface area contributed by atoms with Crippen molar-refractivity contribution >= 4 is 44.6 Å². The number of benzene rings is 1. The summed E-state index contributed by atoms with van der Waals surface area (Å²) in [5.74, 6) is -1.63.